The number of carbonyl (C=O) groups is 3. The van der Waals surface area contributed by atoms with E-state index in [2.05, 4.69) is 5.32 Å². The average molecular weight is 391 g/mol. The molecule has 1 aliphatic heterocycles. The quantitative estimate of drug-likeness (QED) is 0.708. The normalized spacial score (nSPS) is 29.0. The van der Waals surface area contributed by atoms with Crippen LogP contribution in [-0.4, -0.2) is 53.6 Å². The summed E-state index contributed by atoms with van der Waals surface area (Å²) in [4.78, 5) is 37.0. The van der Waals surface area contributed by atoms with Crippen LogP contribution >= 0.6 is 0 Å². The van der Waals surface area contributed by atoms with Crippen molar-refractivity contribution in [1.29, 1.82) is 0 Å². The van der Waals surface area contributed by atoms with E-state index in [0.29, 0.717) is 5.56 Å². The highest BCUT2D eigenvalue weighted by Gasteiger charge is 2.59. The van der Waals surface area contributed by atoms with Gasteiger partial charge < -0.3 is 24.6 Å². The molecule has 1 aromatic rings. The molecule has 0 radical (unpaired) electrons. The van der Waals surface area contributed by atoms with E-state index in [0.717, 1.165) is 0 Å². The van der Waals surface area contributed by atoms with Crippen LogP contribution in [0.1, 0.15) is 37.6 Å². The first-order chi connectivity index (χ1) is 13.2. The van der Waals surface area contributed by atoms with Crippen LogP contribution < -0.4 is 5.32 Å². The van der Waals surface area contributed by atoms with Crippen LogP contribution in [0.5, 0.6) is 0 Å². The van der Waals surface area contributed by atoms with Crippen LogP contribution in [0.3, 0.4) is 0 Å². The predicted molar refractivity (Wildman–Crippen MR) is 97.4 cm³/mol. The number of hydrogen-bond donors (Lipinski definition) is 2. The number of amides is 1. The highest BCUT2D eigenvalue weighted by atomic mass is 16.8. The van der Waals surface area contributed by atoms with Crippen LogP contribution in [0.15, 0.2) is 30.3 Å². The first-order valence-corrected chi connectivity index (χ1v) is 9.34. The number of carboxylic acid groups (broad SMARTS) is 1. The average Bonchev–Trinajstić information content (AvgIpc) is 3.13. The van der Waals surface area contributed by atoms with Crippen molar-refractivity contribution in [2.24, 2.45) is 11.8 Å². The Morgan fingerprint density at radius 3 is 2.46 bits per heavy atom. The molecule has 2 N–H and O–H groups in total. The van der Waals surface area contributed by atoms with Crippen molar-refractivity contribution >= 4 is 17.8 Å². The lowest BCUT2D eigenvalue weighted by Crippen LogP contribution is -2.50. The van der Waals surface area contributed by atoms with Crippen molar-refractivity contribution in [3.05, 3.63) is 35.9 Å². The number of carboxylic acids is 1. The molecular formula is C20H25NO7. The van der Waals surface area contributed by atoms with Gasteiger partial charge in [-0.05, 0) is 39.3 Å². The number of nitrogens with one attached hydrogen (secondary N) is 1. The third-order valence-electron chi connectivity index (χ3n) is 5.12. The molecule has 0 unspecified atom stereocenters. The molecule has 1 aromatic carbocycles. The fourth-order valence-electron chi connectivity index (χ4n) is 3.97. The molecule has 28 heavy (non-hydrogen) atoms. The Kier molecular flexibility index (Phi) is 5.71. The molecule has 8 nitrogen and oxygen atoms in total. The number of ether oxygens (including phenoxy) is 3. The molecule has 1 aliphatic carbocycles. The number of rotatable bonds is 6. The van der Waals surface area contributed by atoms with E-state index in [1.54, 1.807) is 51.1 Å². The van der Waals surface area contributed by atoms with Gasteiger partial charge in [0.05, 0.1) is 18.6 Å². The molecule has 2 aliphatic rings. The molecule has 1 saturated heterocycles. The second-order valence-corrected chi connectivity index (χ2v) is 7.48. The minimum absolute atomic E-state index is 0.138. The first kappa shape index (κ1) is 20.3. The van der Waals surface area contributed by atoms with Crippen molar-refractivity contribution in [3.63, 3.8) is 0 Å². The van der Waals surface area contributed by atoms with Crippen molar-refractivity contribution in [3.8, 4) is 0 Å². The maximum absolute atomic E-state index is 12.6. The summed E-state index contributed by atoms with van der Waals surface area (Å²) in [5.74, 6) is -4.45. The molecule has 152 valence electrons. The van der Waals surface area contributed by atoms with Crippen molar-refractivity contribution in [2.45, 2.75) is 51.2 Å². The number of carbonyl (C=O) groups excluding carboxylic acids is 2. The van der Waals surface area contributed by atoms with Crippen LogP contribution in [-0.2, 0) is 23.8 Å². The summed E-state index contributed by atoms with van der Waals surface area (Å²) >= 11 is 0. The first-order valence-electron chi connectivity index (χ1n) is 9.34. The van der Waals surface area contributed by atoms with Gasteiger partial charge in [-0.25, -0.2) is 4.79 Å². The third-order valence-corrected chi connectivity index (χ3v) is 5.12. The number of aliphatic carboxylic acids is 1. The zero-order chi connectivity index (χ0) is 20.5. The number of fused-ring (bicyclic) bond motifs is 1. The maximum Gasteiger partial charge on any atom is 0.329 e. The zero-order valence-electron chi connectivity index (χ0n) is 16.1. The smallest absolute Gasteiger partial charge is 0.329 e. The van der Waals surface area contributed by atoms with Gasteiger partial charge in [-0.2, -0.15) is 0 Å². The molecule has 1 amide bonds. The van der Waals surface area contributed by atoms with E-state index in [4.69, 9.17) is 14.2 Å². The second-order valence-electron chi connectivity index (χ2n) is 7.48. The minimum Gasteiger partial charge on any atom is -0.481 e. The van der Waals surface area contributed by atoms with Gasteiger partial charge in [-0.1, -0.05) is 18.2 Å². The Bertz CT molecular complexity index is 748. The van der Waals surface area contributed by atoms with Gasteiger partial charge >= 0.3 is 11.9 Å². The lowest BCUT2D eigenvalue weighted by molar-refractivity contribution is -0.172. The van der Waals surface area contributed by atoms with Gasteiger partial charge in [0.25, 0.3) is 5.91 Å². The Hall–Kier alpha value is -2.45. The Morgan fingerprint density at radius 1 is 1.21 bits per heavy atom. The van der Waals surface area contributed by atoms with E-state index < -0.39 is 53.7 Å². The largest absolute Gasteiger partial charge is 0.481 e. The van der Waals surface area contributed by atoms with Gasteiger partial charge in [0.2, 0.25) is 0 Å². The molecule has 1 heterocycles. The second kappa shape index (κ2) is 7.89. The van der Waals surface area contributed by atoms with Gasteiger partial charge in [0.1, 0.15) is 12.1 Å². The Labute approximate surface area is 163 Å². The molecule has 0 bridgehead atoms. The van der Waals surface area contributed by atoms with Crippen molar-refractivity contribution in [1.82, 2.24) is 5.32 Å². The monoisotopic (exact) mass is 391 g/mol. The summed E-state index contributed by atoms with van der Waals surface area (Å²) in [6, 6.07) is 7.44. The lowest BCUT2D eigenvalue weighted by Gasteiger charge is -2.28. The predicted octanol–water partition coefficient (Wildman–Crippen LogP) is 1.59. The zero-order valence-corrected chi connectivity index (χ0v) is 16.1. The van der Waals surface area contributed by atoms with Crippen molar-refractivity contribution < 1.29 is 33.7 Å². The maximum atomic E-state index is 12.6. The van der Waals surface area contributed by atoms with E-state index in [-0.39, 0.29) is 13.0 Å². The molecule has 0 aromatic heterocycles. The molecule has 5 atom stereocenters. The standard InChI is InChI=1S/C20H25NO7/c1-4-26-19(25)14(21-17(22)11-8-6-5-7-9-11)12-10-13(18(23)24)16-15(12)27-20(2,3)28-16/h5-9,12-16H,4,10H2,1-3H3,(H,21,22)(H,23,24)/t12-,13-,14-,15-,16+/m0/s1. The molecular weight excluding hydrogens is 366 g/mol. The Morgan fingerprint density at radius 2 is 1.86 bits per heavy atom. The lowest BCUT2D eigenvalue weighted by atomic mass is 9.94. The van der Waals surface area contributed by atoms with E-state index in [1.807, 2.05) is 0 Å². The van der Waals surface area contributed by atoms with Gasteiger partial charge in [-0.15, -0.1) is 0 Å². The molecule has 1 saturated carbocycles. The van der Waals surface area contributed by atoms with E-state index >= 15 is 0 Å². The number of esters is 1. The SMILES string of the molecule is CCOC(=O)[C@@H](NC(=O)c1ccccc1)[C@@H]1C[C@H](C(=O)O)[C@H]2OC(C)(C)O[C@@H]12. The fraction of sp³-hybridized carbons (Fsp3) is 0.550. The van der Waals surface area contributed by atoms with Gasteiger partial charge in [-0.3, -0.25) is 9.59 Å². The van der Waals surface area contributed by atoms with Crippen LogP contribution in [0.25, 0.3) is 0 Å². The molecule has 8 heteroatoms. The summed E-state index contributed by atoms with van der Waals surface area (Å²) in [7, 11) is 0. The highest BCUT2D eigenvalue weighted by molar-refractivity contribution is 5.96. The summed E-state index contributed by atoms with van der Waals surface area (Å²) in [6.45, 7) is 5.21. The summed E-state index contributed by atoms with van der Waals surface area (Å²) < 4.78 is 16.9. The third kappa shape index (κ3) is 4.02. The highest BCUT2D eigenvalue weighted by Crippen LogP contribution is 2.46. The number of hydrogen-bond acceptors (Lipinski definition) is 6. The number of benzene rings is 1. The topological polar surface area (TPSA) is 111 Å². The van der Waals surface area contributed by atoms with E-state index in [9.17, 15) is 19.5 Å². The minimum atomic E-state index is -1.04. The van der Waals surface area contributed by atoms with Gasteiger partial charge in [0, 0.05) is 11.5 Å². The molecule has 3 rings (SSSR count). The van der Waals surface area contributed by atoms with Crippen LogP contribution in [0, 0.1) is 11.8 Å². The summed E-state index contributed by atoms with van der Waals surface area (Å²) in [6.07, 6.45) is -1.19. The van der Waals surface area contributed by atoms with Crippen LogP contribution in [0.2, 0.25) is 0 Å². The van der Waals surface area contributed by atoms with Crippen molar-refractivity contribution in [2.75, 3.05) is 6.61 Å². The summed E-state index contributed by atoms with van der Waals surface area (Å²) in [5.41, 5.74) is 0.394. The fourth-order valence-corrected chi connectivity index (χ4v) is 3.97. The molecule has 0 spiro atoms. The Balaban J connectivity index is 1.88. The van der Waals surface area contributed by atoms with Crippen LogP contribution in [0.4, 0.5) is 0 Å². The molecule has 2 fully saturated rings. The van der Waals surface area contributed by atoms with E-state index in [1.165, 1.54) is 0 Å². The summed E-state index contributed by atoms with van der Waals surface area (Å²) in [5, 5.41) is 12.3. The van der Waals surface area contributed by atoms with Gasteiger partial charge in [0.15, 0.2) is 5.79 Å².